The normalized spacial score (nSPS) is 31.4. The fourth-order valence-corrected chi connectivity index (χ4v) is 2.77. The Morgan fingerprint density at radius 1 is 1.44 bits per heavy atom. The molecule has 0 saturated heterocycles. The van der Waals surface area contributed by atoms with Gasteiger partial charge in [-0.3, -0.25) is 4.79 Å². The fourth-order valence-electron chi connectivity index (χ4n) is 2.77. The zero-order valence-electron chi connectivity index (χ0n) is 10.5. The molecule has 0 unspecified atom stereocenters. The van der Waals surface area contributed by atoms with Crippen molar-refractivity contribution in [2.75, 3.05) is 0 Å². The van der Waals surface area contributed by atoms with Crippen molar-refractivity contribution in [1.82, 2.24) is 5.43 Å². The lowest BCUT2D eigenvalue weighted by Crippen LogP contribution is -2.30. The Balaban J connectivity index is 1.92. The molecule has 2 aliphatic carbocycles. The molecule has 3 nitrogen and oxygen atoms in total. The van der Waals surface area contributed by atoms with Gasteiger partial charge in [0.25, 0.3) is 0 Å². The average molecular weight is 222 g/mol. The van der Waals surface area contributed by atoms with Gasteiger partial charge in [0.15, 0.2) is 0 Å². The SMILES string of the molecule is C[C@@H]1CC(=NNC(=O)C2CC2)CC(C)(C)C1. The van der Waals surface area contributed by atoms with Crippen LogP contribution in [0.4, 0.5) is 0 Å². The highest BCUT2D eigenvalue weighted by Gasteiger charge is 2.31. The van der Waals surface area contributed by atoms with Crippen molar-refractivity contribution in [2.45, 2.75) is 52.9 Å². The number of amides is 1. The van der Waals surface area contributed by atoms with Crippen molar-refractivity contribution in [3.8, 4) is 0 Å². The molecule has 2 saturated carbocycles. The van der Waals surface area contributed by atoms with E-state index in [-0.39, 0.29) is 11.8 Å². The van der Waals surface area contributed by atoms with Crippen LogP contribution < -0.4 is 5.43 Å². The van der Waals surface area contributed by atoms with Crippen molar-refractivity contribution in [3.05, 3.63) is 0 Å². The molecule has 0 bridgehead atoms. The Morgan fingerprint density at radius 2 is 2.12 bits per heavy atom. The molecule has 90 valence electrons. The Labute approximate surface area is 97.7 Å². The molecule has 16 heavy (non-hydrogen) atoms. The van der Waals surface area contributed by atoms with Crippen LogP contribution in [-0.4, -0.2) is 11.6 Å². The first-order valence-electron chi connectivity index (χ1n) is 6.31. The Bertz CT molecular complexity index is 316. The molecule has 1 atom stereocenters. The first kappa shape index (κ1) is 11.6. The second kappa shape index (κ2) is 4.19. The molecule has 3 heteroatoms. The van der Waals surface area contributed by atoms with E-state index in [9.17, 15) is 4.79 Å². The Kier molecular flexibility index (Phi) is 3.04. The molecule has 2 fully saturated rings. The van der Waals surface area contributed by atoms with Gasteiger partial charge in [0, 0.05) is 11.6 Å². The van der Waals surface area contributed by atoms with Crippen molar-refractivity contribution in [3.63, 3.8) is 0 Å². The number of hydrazone groups is 1. The number of hydrogen-bond donors (Lipinski definition) is 1. The first-order chi connectivity index (χ1) is 7.46. The Hall–Kier alpha value is -0.860. The summed E-state index contributed by atoms with van der Waals surface area (Å²) in [7, 11) is 0. The minimum Gasteiger partial charge on any atom is -0.273 e. The molecule has 0 aliphatic heterocycles. The molecule has 1 amide bonds. The van der Waals surface area contributed by atoms with Crippen LogP contribution in [0.1, 0.15) is 52.9 Å². The zero-order valence-corrected chi connectivity index (χ0v) is 10.5. The van der Waals surface area contributed by atoms with E-state index in [0.717, 1.165) is 31.4 Å². The van der Waals surface area contributed by atoms with Gasteiger partial charge in [0.1, 0.15) is 0 Å². The minimum absolute atomic E-state index is 0.114. The molecule has 0 aromatic rings. The van der Waals surface area contributed by atoms with Crippen molar-refractivity contribution in [2.24, 2.45) is 22.4 Å². The highest BCUT2D eigenvalue weighted by molar-refractivity contribution is 5.88. The lowest BCUT2D eigenvalue weighted by molar-refractivity contribution is -0.122. The second-order valence-electron chi connectivity index (χ2n) is 6.28. The third kappa shape index (κ3) is 3.06. The maximum absolute atomic E-state index is 11.5. The third-order valence-electron chi connectivity index (χ3n) is 3.44. The molecule has 2 aliphatic rings. The summed E-state index contributed by atoms with van der Waals surface area (Å²) in [6, 6.07) is 0. The van der Waals surface area contributed by atoms with Gasteiger partial charge in [-0.25, -0.2) is 5.43 Å². The standard InChI is InChI=1S/C13H22N2O/c1-9-6-11(8-13(2,3)7-9)14-15-12(16)10-4-5-10/h9-10H,4-8H2,1-3H3,(H,15,16)/t9-/m1/s1. The Morgan fingerprint density at radius 3 is 2.69 bits per heavy atom. The monoisotopic (exact) mass is 222 g/mol. The topological polar surface area (TPSA) is 41.5 Å². The van der Waals surface area contributed by atoms with Crippen molar-refractivity contribution in [1.29, 1.82) is 0 Å². The number of hydrogen-bond acceptors (Lipinski definition) is 2. The summed E-state index contributed by atoms with van der Waals surface area (Å²) >= 11 is 0. The predicted molar refractivity (Wildman–Crippen MR) is 65.1 cm³/mol. The summed E-state index contributed by atoms with van der Waals surface area (Å²) < 4.78 is 0. The number of rotatable bonds is 2. The van der Waals surface area contributed by atoms with E-state index in [1.807, 2.05) is 0 Å². The van der Waals surface area contributed by atoms with E-state index < -0.39 is 0 Å². The van der Waals surface area contributed by atoms with Crippen molar-refractivity contribution < 1.29 is 4.79 Å². The fraction of sp³-hybridized carbons (Fsp3) is 0.846. The predicted octanol–water partition coefficient (Wildman–Crippen LogP) is 2.71. The average Bonchev–Trinajstić information content (AvgIpc) is 2.93. The summed E-state index contributed by atoms with van der Waals surface area (Å²) in [5, 5.41) is 4.31. The molecule has 0 radical (unpaired) electrons. The largest absolute Gasteiger partial charge is 0.273 e. The molecular weight excluding hydrogens is 200 g/mol. The zero-order chi connectivity index (χ0) is 11.8. The lowest BCUT2D eigenvalue weighted by Gasteiger charge is -2.34. The van der Waals surface area contributed by atoms with Crippen LogP contribution in [0.2, 0.25) is 0 Å². The maximum atomic E-state index is 11.5. The third-order valence-corrected chi connectivity index (χ3v) is 3.44. The van der Waals surface area contributed by atoms with Crippen LogP contribution in [0.3, 0.4) is 0 Å². The van der Waals surface area contributed by atoms with Gasteiger partial charge in [0.05, 0.1) is 0 Å². The first-order valence-corrected chi connectivity index (χ1v) is 6.31. The summed E-state index contributed by atoms with van der Waals surface area (Å²) in [6.45, 7) is 6.82. The van der Waals surface area contributed by atoms with Gasteiger partial charge < -0.3 is 0 Å². The number of carbonyl (C=O) groups excluding carboxylic acids is 1. The molecule has 2 rings (SSSR count). The second-order valence-corrected chi connectivity index (χ2v) is 6.28. The highest BCUT2D eigenvalue weighted by Crippen LogP contribution is 2.37. The van der Waals surface area contributed by atoms with Gasteiger partial charge in [-0.2, -0.15) is 5.10 Å². The molecule has 0 heterocycles. The van der Waals surface area contributed by atoms with E-state index in [4.69, 9.17) is 0 Å². The summed E-state index contributed by atoms with van der Waals surface area (Å²) in [5.41, 5.74) is 4.22. The quantitative estimate of drug-likeness (QED) is 0.717. The van der Waals surface area contributed by atoms with E-state index in [1.165, 1.54) is 6.42 Å². The van der Waals surface area contributed by atoms with Crippen molar-refractivity contribution >= 4 is 11.6 Å². The molecule has 0 aromatic carbocycles. The van der Waals surface area contributed by atoms with E-state index in [1.54, 1.807) is 0 Å². The number of nitrogens with one attached hydrogen (secondary N) is 1. The van der Waals surface area contributed by atoms with E-state index in [0.29, 0.717) is 11.3 Å². The number of carbonyl (C=O) groups is 1. The van der Waals surface area contributed by atoms with Crippen LogP contribution in [-0.2, 0) is 4.79 Å². The summed E-state index contributed by atoms with van der Waals surface area (Å²) in [6.07, 6.45) is 5.39. The van der Waals surface area contributed by atoms with Crippen LogP contribution in [0.15, 0.2) is 5.10 Å². The van der Waals surface area contributed by atoms with Gasteiger partial charge >= 0.3 is 0 Å². The van der Waals surface area contributed by atoms with Crippen LogP contribution in [0.25, 0.3) is 0 Å². The van der Waals surface area contributed by atoms with Crippen LogP contribution in [0.5, 0.6) is 0 Å². The smallest absolute Gasteiger partial charge is 0.243 e. The van der Waals surface area contributed by atoms with E-state index >= 15 is 0 Å². The van der Waals surface area contributed by atoms with Gasteiger partial charge in [-0.05, 0) is 43.4 Å². The number of nitrogens with zero attached hydrogens (tertiary/aromatic N) is 1. The van der Waals surface area contributed by atoms with Crippen LogP contribution >= 0.6 is 0 Å². The van der Waals surface area contributed by atoms with Crippen LogP contribution in [0, 0.1) is 17.3 Å². The maximum Gasteiger partial charge on any atom is 0.243 e. The van der Waals surface area contributed by atoms with E-state index in [2.05, 4.69) is 31.3 Å². The van der Waals surface area contributed by atoms with Gasteiger partial charge in [0.2, 0.25) is 5.91 Å². The van der Waals surface area contributed by atoms with Gasteiger partial charge in [-0.1, -0.05) is 20.8 Å². The molecule has 0 spiro atoms. The highest BCUT2D eigenvalue weighted by atomic mass is 16.2. The molecular formula is C13H22N2O. The lowest BCUT2D eigenvalue weighted by atomic mass is 9.72. The van der Waals surface area contributed by atoms with Gasteiger partial charge in [-0.15, -0.1) is 0 Å². The molecule has 1 N–H and O–H groups in total. The molecule has 0 aromatic heterocycles. The summed E-state index contributed by atoms with van der Waals surface area (Å²) in [5.74, 6) is 1.04. The summed E-state index contributed by atoms with van der Waals surface area (Å²) in [4.78, 5) is 11.5. The minimum atomic E-state index is 0.114.